The van der Waals surface area contributed by atoms with E-state index < -0.39 is 0 Å². The third-order valence-electron chi connectivity index (χ3n) is 4.51. The standard InChI is InChI=1S/C17H27FN2O/c1-4-21-17(7-5-6-12(2)11-17)16(20-19)14-8-13(3)9-15(18)10-14/h8-10,12,16,20H,4-7,11,19H2,1-3H3. The lowest BCUT2D eigenvalue weighted by atomic mass is 9.72. The Hall–Kier alpha value is -0.970. The van der Waals surface area contributed by atoms with Gasteiger partial charge in [0.2, 0.25) is 0 Å². The van der Waals surface area contributed by atoms with E-state index in [0.29, 0.717) is 12.5 Å². The first kappa shape index (κ1) is 16.4. The number of hydrogen-bond acceptors (Lipinski definition) is 3. The zero-order valence-electron chi connectivity index (χ0n) is 13.3. The number of rotatable bonds is 5. The fraction of sp³-hybridized carbons (Fsp3) is 0.647. The second kappa shape index (κ2) is 6.86. The predicted molar refractivity (Wildman–Crippen MR) is 83.2 cm³/mol. The number of ether oxygens (including phenoxy) is 1. The molecule has 3 unspecified atom stereocenters. The van der Waals surface area contributed by atoms with Crippen molar-refractivity contribution in [2.75, 3.05) is 6.61 Å². The van der Waals surface area contributed by atoms with Crippen LogP contribution in [0.1, 0.15) is 56.7 Å². The number of nitrogens with one attached hydrogen (secondary N) is 1. The highest BCUT2D eigenvalue weighted by molar-refractivity contribution is 5.28. The summed E-state index contributed by atoms with van der Waals surface area (Å²) in [7, 11) is 0. The lowest BCUT2D eigenvalue weighted by Gasteiger charge is -2.45. The second-order valence-electron chi connectivity index (χ2n) is 6.36. The fourth-order valence-electron chi connectivity index (χ4n) is 3.79. The van der Waals surface area contributed by atoms with Crippen LogP contribution < -0.4 is 11.3 Å². The number of hydrazine groups is 1. The number of nitrogens with two attached hydrogens (primary N) is 1. The van der Waals surface area contributed by atoms with Crippen LogP contribution in [-0.4, -0.2) is 12.2 Å². The second-order valence-corrected chi connectivity index (χ2v) is 6.36. The smallest absolute Gasteiger partial charge is 0.123 e. The topological polar surface area (TPSA) is 47.3 Å². The summed E-state index contributed by atoms with van der Waals surface area (Å²) in [6, 6.07) is 4.91. The van der Waals surface area contributed by atoms with E-state index in [1.165, 1.54) is 12.5 Å². The molecule has 21 heavy (non-hydrogen) atoms. The molecule has 0 spiro atoms. The van der Waals surface area contributed by atoms with Crippen LogP contribution in [0.3, 0.4) is 0 Å². The van der Waals surface area contributed by atoms with Gasteiger partial charge in [0.05, 0.1) is 11.6 Å². The van der Waals surface area contributed by atoms with Crippen molar-refractivity contribution in [3.05, 3.63) is 35.1 Å². The van der Waals surface area contributed by atoms with Crippen molar-refractivity contribution < 1.29 is 9.13 Å². The molecule has 1 saturated carbocycles. The Kier molecular flexibility index (Phi) is 5.36. The largest absolute Gasteiger partial charge is 0.373 e. The molecule has 0 aromatic heterocycles. The van der Waals surface area contributed by atoms with Gasteiger partial charge in [-0.25, -0.2) is 4.39 Å². The van der Waals surface area contributed by atoms with Crippen LogP contribution in [0.4, 0.5) is 4.39 Å². The van der Waals surface area contributed by atoms with Gasteiger partial charge in [0.1, 0.15) is 5.82 Å². The van der Waals surface area contributed by atoms with E-state index in [-0.39, 0.29) is 17.5 Å². The summed E-state index contributed by atoms with van der Waals surface area (Å²) in [6.07, 6.45) is 4.24. The molecule has 3 atom stereocenters. The Labute approximate surface area is 127 Å². The molecule has 0 aliphatic heterocycles. The molecule has 0 amide bonds. The highest BCUT2D eigenvalue weighted by atomic mass is 19.1. The summed E-state index contributed by atoms with van der Waals surface area (Å²) in [5.74, 6) is 6.22. The van der Waals surface area contributed by atoms with E-state index in [0.717, 1.165) is 30.4 Å². The van der Waals surface area contributed by atoms with Gasteiger partial charge in [0.15, 0.2) is 0 Å². The number of aryl methyl sites for hydroxylation is 1. The number of halogens is 1. The maximum Gasteiger partial charge on any atom is 0.123 e. The molecule has 0 radical (unpaired) electrons. The third-order valence-corrected chi connectivity index (χ3v) is 4.51. The van der Waals surface area contributed by atoms with Crippen LogP contribution in [0.15, 0.2) is 18.2 Å². The third kappa shape index (κ3) is 3.62. The zero-order chi connectivity index (χ0) is 15.5. The molecule has 1 aliphatic carbocycles. The molecule has 3 nitrogen and oxygen atoms in total. The van der Waals surface area contributed by atoms with Crippen LogP contribution in [0.5, 0.6) is 0 Å². The van der Waals surface area contributed by atoms with Gasteiger partial charge < -0.3 is 4.74 Å². The van der Waals surface area contributed by atoms with E-state index in [4.69, 9.17) is 10.6 Å². The van der Waals surface area contributed by atoms with E-state index in [1.54, 1.807) is 6.07 Å². The Bertz CT molecular complexity index is 456. The first-order chi connectivity index (χ1) is 10.0. The van der Waals surface area contributed by atoms with Crippen molar-refractivity contribution in [3.8, 4) is 0 Å². The van der Waals surface area contributed by atoms with Gasteiger partial charge in [0, 0.05) is 6.61 Å². The first-order valence-corrected chi connectivity index (χ1v) is 7.88. The van der Waals surface area contributed by atoms with Gasteiger partial charge in [-0.3, -0.25) is 11.3 Å². The summed E-state index contributed by atoms with van der Waals surface area (Å²) in [4.78, 5) is 0. The molecular formula is C17H27FN2O. The van der Waals surface area contributed by atoms with Crippen molar-refractivity contribution in [2.45, 2.75) is 58.1 Å². The Morgan fingerprint density at radius 2 is 2.24 bits per heavy atom. The molecule has 1 aromatic carbocycles. The van der Waals surface area contributed by atoms with Gasteiger partial charge in [-0.2, -0.15) is 0 Å². The number of hydrogen-bond donors (Lipinski definition) is 2. The molecular weight excluding hydrogens is 267 g/mol. The van der Waals surface area contributed by atoms with Crippen LogP contribution in [0, 0.1) is 18.7 Å². The molecule has 0 saturated heterocycles. The monoisotopic (exact) mass is 294 g/mol. The molecule has 1 aromatic rings. The molecule has 4 heteroatoms. The van der Waals surface area contributed by atoms with Crippen LogP contribution in [0.2, 0.25) is 0 Å². The van der Waals surface area contributed by atoms with Crippen molar-refractivity contribution in [1.82, 2.24) is 5.43 Å². The van der Waals surface area contributed by atoms with Crippen molar-refractivity contribution >= 4 is 0 Å². The Balaban J connectivity index is 2.39. The van der Waals surface area contributed by atoms with E-state index >= 15 is 0 Å². The average molecular weight is 294 g/mol. The maximum absolute atomic E-state index is 13.8. The van der Waals surface area contributed by atoms with Crippen molar-refractivity contribution in [1.29, 1.82) is 0 Å². The van der Waals surface area contributed by atoms with Gasteiger partial charge in [-0.15, -0.1) is 0 Å². The maximum atomic E-state index is 13.8. The van der Waals surface area contributed by atoms with Crippen molar-refractivity contribution in [2.24, 2.45) is 11.8 Å². The minimum Gasteiger partial charge on any atom is -0.373 e. The summed E-state index contributed by atoms with van der Waals surface area (Å²) in [5.41, 5.74) is 4.33. The van der Waals surface area contributed by atoms with Crippen LogP contribution in [0.25, 0.3) is 0 Å². The minimum absolute atomic E-state index is 0.186. The lowest BCUT2D eigenvalue weighted by Crippen LogP contribution is -2.51. The highest BCUT2D eigenvalue weighted by Crippen LogP contribution is 2.43. The molecule has 2 rings (SSSR count). The summed E-state index contributed by atoms with van der Waals surface area (Å²) in [5, 5.41) is 0. The summed E-state index contributed by atoms with van der Waals surface area (Å²) in [6.45, 7) is 6.79. The van der Waals surface area contributed by atoms with Crippen molar-refractivity contribution in [3.63, 3.8) is 0 Å². The Morgan fingerprint density at radius 3 is 2.81 bits per heavy atom. The molecule has 0 heterocycles. The lowest BCUT2D eigenvalue weighted by molar-refractivity contribution is -0.102. The van der Waals surface area contributed by atoms with E-state index in [2.05, 4.69) is 12.3 Å². The molecule has 1 aliphatic rings. The van der Waals surface area contributed by atoms with Gasteiger partial charge in [0.25, 0.3) is 0 Å². The minimum atomic E-state index is -0.346. The SMILES string of the molecule is CCOC1(C(NN)c2cc(C)cc(F)c2)CCCC(C)C1. The normalized spacial score (nSPS) is 27.6. The van der Waals surface area contributed by atoms with Gasteiger partial charge >= 0.3 is 0 Å². The fourth-order valence-corrected chi connectivity index (χ4v) is 3.79. The quantitative estimate of drug-likeness (QED) is 0.644. The molecule has 1 fully saturated rings. The zero-order valence-corrected chi connectivity index (χ0v) is 13.3. The molecule has 3 N–H and O–H groups in total. The summed E-state index contributed by atoms with van der Waals surface area (Å²) < 4.78 is 19.9. The highest BCUT2D eigenvalue weighted by Gasteiger charge is 2.43. The first-order valence-electron chi connectivity index (χ1n) is 7.88. The Morgan fingerprint density at radius 1 is 1.48 bits per heavy atom. The van der Waals surface area contributed by atoms with E-state index in [9.17, 15) is 4.39 Å². The predicted octanol–water partition coefficient (Wildman–Crippen LogP) is 3.62. The molecule has 0 bridgehead atoms. The number of benzene rings is 1. The van der Waals surface area contributed by atoms with Gasteiger partial charge in [-0.1, -0.05) is 25.8 Å². The average Bonchev–Trinajstić information content (AvgIpc) is 2.38. The van der Waals surface area contributed by atoms with Crippen LogP contribution in [-0.2, 0) is 4.74 Å². The van der Waals surface area contributed by atoms with E-state index in [1.807, 2.05) is 19.9 Å². The summed E-state index contributed by atoms with van der Waals surface area (Å²) >= 11 is 0. The van der Waals surface area contributed by atoms with Gasteiger partial charge in [-0.05, 0) is 55.9 Å². The molecule has 118 valence electrons. The van der Waals surface area contributed by atoms with Crippen LogP contribution >= 0.6 is 0 Å².